The molecule has 1 rings (SSSR count). The van der Waals surface area contributed by atoms with Crippen LogP contribution in [0.15, 0.2) is 15.2 Å². The lowest BCUT2D eigenvalue weighted by Gasteiger charge is -2.00. The second-order valence-electron chi connectivity index (χ2n) is 3.11. The third kappa shape index (κ3) is 4.78. The van der Waals surface area contributed by atoms with Crippen LogP contribution in [0, 0.1) is 11.3 Å². The fourth-order valence-electron chi connectivity index (χ4n) is 1.12. The average Bonchev–Trinajstić information content (AvgIpc) is 2.50. The lowest BCUT2D eigenvalue weighted by Crippen LogP contribution is -2.08. The Kier molecular flexibility index (Phi) is 4.77. The highest BCUT2D eigenvalue weighted by Crippen LogP contribution is 2.22. The third-order valence-corrected chi connectivity index (χ3v) is 4.99. The summed E-state index contributed by atoms with van der Waals surface area (Å²) in [5.74, 6) is 0.161. The lowest BCUT2D eigenvalue weighted by atomic mass is 10.4. The number of halogens is 1. The molecule has 1 heterocycles. The molecular weight excluding hydrogens is 298 g/mol. The van der Waals surface area contributed by atoms with Gasteiger partial charge in [0.25, 0.3) is 0 Å². The highest BCUT2D eigenvalue weighted by Gasteiger charge is 2.12. The number of sulfone groups is 1. The first kappa shape index (κ1) is 12.7. The molecule has 0 aliphatic rings. The van der Waals surface area contributed by atoms with Gasteiger partial charge in [-0.15, -0.1) is 11.3 Å². The predicted molar refractivity (Wildman–Crippen MR) is 64.4 cm³/mol. The molecule has 1 aromatic rings. The Labute approximate surface area is 102 Å². The van der Waals surface area contributed by atoms with Crippen molar-refractivity contribution in [3.8, 4) is 6.07 Å². The Balaban J connectivity index is 2.54. The highest BCUT2D eigenvalue weighted by molar-refractivity contribution is 9.11. The molecule has 0 saturated carbocycles. The molecule has 0 radical (unpaired) electrons. The predicted octanol–water partition coefficient (Wildman–Crippen LogP) is 2.73. The molecule has 15 heavy (non-hydrogen) atoms. The first-order chi connectivity index (χ1) is 7.03. The Morgan fingerprint density at radius 1 is 1.53 bits per heavy atom. The number of hydrogen-bond acceptors (Lipinski definition) is 4. The van der Waals surface area contributed by atoms with Gasteiger partial charge in [0.1, 0.15) is 0 Å². The van der Waals surface area contributed by atoms with Crippen molar-refractivity contribution in [3.63, 3.8) is 0 Å². The maximum absolute atomic E-state index is 11.6. The molecule has 82 valence electrons. The van der Waals surface area contributed by atoms with Crippen molar-refractivity contribution < 1.29 is 8.42 Å². The van der Waals surface area contributed by atoms with Gasteiger partial charge in [-0.05, 0) is 39.4 Å². The second-order valence-corrected chi connectivity index (χ2v) is 7.59. The molecule has 0 N–H and O–H groups in total. The van der Waals surface area contributed by atoms with Gasteiger partial charge >= 0.3 is 0 Å². The summed E-state index contributed by atoms with van der Waals surface area (Å²) >= 11 is 4.76. The third-order valence-electron chi connectivity index (χ3n) is 1.75. The summed E-state index contributed by atoms with van der Waals surface area (Å²) in [6, 6.07) is 3.75. The van der Waals surface area contributed by atoms with Crippen molar-refractivity contribution in [3.05, 3.63) is 20.8 Å². The van der Waals surface area contributed by atoms with E-state index in [4.69, 9.17) is 5.26 Å². The highest BCUT2D eigenvalue weighted by atomic mass is 79.9. The van der Waals surface area contributed by atoms with Crippen LogP contribution in [0.1, 0.15) is 18.4 Å². The molecule has 3 nitrogen and oxygen atoms in total. The molecule has 0 bridgehead atoms. The minimum Gasteiger partial charge on any atom is -0.228 e. The van der Waals surface area contributed by atoms with E-state index in [-0.39, 0.29) is 11.5 Å². The molecule has 0 amide bonds. The molecule has 0 aromatic carbocycles. The summed E-state index contributed by atoms with van der Waals surface area (Å²) in [6.45, 7) is 0. The van der Waals surface area contributed by atoms with Crippen LogP contribution in [0.3, 0.4) is 0 Å². The quantitative estimate of drug-likeness (QED) is 0.786. The van der Waals surface area contributed by atoms with Gasteiger partial charge in [0, 0.05) is 6.42 Å². The Morgan fingerprint density at radius 3 is 2.80 bits per heavy atom. The number of nitriles is 1. The van der Waals surface area contributed by atoms with Gasteiger partial charge < -0.3 is 0 Å². The smallest absolute Gasteiger partial charge is 0.154 e. The van der Waals surface area contributed by atoms with Gasteiger partial charge in [0.15, 0.2) is 9.84 Å². The van der Waals surface area contributed by atoms with E-state index >= 15 is 0 Å². The van der Waals surface area contributed by atoms with Crippen molar-refractivity contribution in [2.24, 2.45) is 0 Å². The lowest BCUT2D eigenvalue weighted by molar-refractivity contribution is 0.593. The van der Waals surface area contributed by atoms with Crippen LogP contribution in [-0.2, 0) is 15.6 Å². The van der Waals surface area contributed by atoms with Crippen molar-refractivity contribution in [1.29, 1.82) is 5.26 Å². The van der Waals surface area contributed by atoms with Crippen LogP contribution in [0.4, 0.5) is 0 Å². The number of rotatable bonds is 5. The van der Waals surface area contributed by atoms with Gasteiger partial charge in [-0.3, -0.25) is 0 Å². The van der Waals surface area contributed by atoms with Crippen molar-refractivity contribution in [2.75, 3.05) is 5.75 Å². The zero-order valence-electron chi connectivity index (χ0n) is 7.94. The molecular formula is C9H10BrNO2S2. The van der Waals surface area contributed by atoms with Gasteiger partial charge in [0.2, 0.25) is 0 Å². The summed E-state index contributed by atoms with van der Waals surface area (Å²) in [5.41, 5.74) is 0.809. The summed E-state index contributed by atoms with van der Waals surface area (Å²) < 4.78 is 24.1. The maximum Gasteiger partial charge on any atom is 0.154 e. The minimum atomic E-state index is -3.06. The first-order valence-electron chi connectivity index (χ1n) is 4.34. The van der Waals surface area contributed by atoms with E-state index in [1.165, 1.54) is 11.3 Å². The molecule has 0 unspecified atom stereocenters. The maximum atomic E-state index is 11.6. The second kappa shape index (κ2) is 5.64. The Morgan fingerprint density at radius 2 is 2.27 bits per heavy atom. The van der Waals surface area contributed by atoms with E-state index < -0.39 is 9.84 Å². The number of hydrogen-bond donors (Lipinski definition) is 0. The standard InChI is InChI=1S/C9H10BrNO2S2/c10-9-5-8(6-14-9)7-15(12,13)4-2-1-3-11/h5-6H,1-2,4,7H2. The minimum absolute atomic E-state index is 0.0700. The number of thiophene rings is 1. The van der Waals surface area contributed by atoms with Crippen molar-refractivity contribution >= 4 is 37.1 Å². The topological polar surface area (TPSA) is 57.9 Å². The summed E-state index contributed by atoms with van der Waals surface area (Å²) in [7, 11) is -3.06. The van der Waals surface area contributed by atoms with Gasteiger partial charge in [0.05, 0.1) is 21.4 Å². The molecule has 1 aromatic heterocycles. The van der Waals surface area contributed by atoms with E-state index in [0.717, 1.165) is 9.35 Å². The Bertz CT molecular complexity index is 459. The molecule has 0 spiro atoms. The van der Waals surface area contributed by atoms with E-state index in [0.29, 0.717) is 12.8 Å². The van der Waals surface area contributed by atoms with Crippen molar-refractivity contribution in [1.82, 2.24) is 0 Å². The molecule has 0 fully saturated rings. The fraction of sp³-hybridized carbons (Fsp3) is 0.444. The summed E-state index contributed by atoms with van der Waals surface area (Å²) in [4.78, 5) is 0. The van der Waals surface area contributed by atoms with E-state index in [1.54, 1.807) is 0 Å². The van der Waals surface area contributed by atoms with Crippen LogP contribution in [0.2, 0.25) is 0 Å². The summed E-state index contributed by atoms with van der Waals surface area (Å²) in [5, 5.41) is 10.1. The van der Waals surface area contributed by atoms with Gasteiger partial charge in [-0.1, -0.05) is 0 Å². The number of nitrogens with zero attached hydrogens (tertiary/aromatic N) is 1. The van der Waals surface area contributed by atoms with E-state index in [9.17, 15) is 8.42 Å². The van der Waals surface area contributed by atoms with Crippen LogP contribution < -0.4 is 0 Å². The van der Waals surface area contributed by atoms with Crippen LogP contribution in [0.5, 0.6) is 0 Å². The molecule has 0 atom stereocenters. The molecule has 0 aliphatic carbocycles. The average molecular weight is 308 g/mol. The molecule has 0 aliphatic heterocycles. The van der Waals surface area contributed by atoms with Crippen LogP contribution in [0.25, 0.3) is 0 Å². The fourth-order valence-corrected chi connectivity index (χ4v) is 3.84. The van der Waals surface area contributed by atoms with Gasteiger partial charge in [-0.25, -0.2) is 8.42 Å². The monoisotopic (exact) mass is 307 g/mol. The summed E-state index contributed by atoms with van der Waals surface area (Å²) in [6.07, 6.45) is 0.719. The van der Waals surface area contributed by atoms with Crippen molar-refractivity contribution in [2.45, 2.75) is 18.6 Å². The SMILES string of the molecule is N#CCCCS(=O)(=O)Cc1csc(Br)c1. The zero-order chi connectivity index (χ0) is 11.3. The normalized spacial score (nSPS) is 11.2. The Hall–Kier alpha value is -0.380. The molecule has 6 heteroatoms. The zero-order valence-corrected chi connectivity index (χ0v) is 11.2. The molecule has 0 saturated heterocycles. The largest absolute Gasteiger partial charge is 0.228 e. The van der Waals surface area contributed by atoms with Crippen LogP contribution >= 0.6 is 27.3 Å². The first-order valence-corrected chi connectivity index (χ1v) is 7.83. The van der Waals surface area contributed by atoms with Crippen LogP contribution in [-0.4, -0.2) is 14.2 Å². The van der Waals surface area contributed by atoms with E-state index in [1.807, 2.05) is 17.5 Å². The van der Waals surface area contributed by atoms with Gasteiger partial charge in [-0.2, -0.15) is 5.26 Å². The van der Waals surface area contributed by atoms with E-state index in [2.05, 4.69) is 15.9 Å². The number of unbranched alkanes of at least 4 members (excludes halogenated alkanes) is 1.